The van der Waals surface area contributed by atoms with Gasteiger partial charge in [0.15, 0.2) is 0 Å². The van der Waals surface area contributed by atoms with Gasteiger partial charge in [0.1, 0.15) is 5.75 Å². The first-order valence-corrected chi connectivity index (χ1v) is 11.1. The monoisotopic (exact) mass is 427 g/mol. The van der Waals surface area contributed by atoms with Crippen molar-refractivity contribution in [2.24, 2.45) is 0 Å². The first-order valence-electron chi connectivity index (χ1n) is 11.1. The second-order valence-electron chi connectivity index (χ2n) is 7.96. The van der Waals surface area contributed by atoms with E-state index in [0.29, 0.717) is 0 Å². The zero-order valence-electron chi connectivity index (χ0n) is 18.5. The molecular formula is C31H25NO. The van der Waals surface area contributed by atoms with E-state index >= 15 is 0 Å². The molecule has 0 saturated carbocycles. The van der Waals surface area contributed by atoms with Gasteiger partial charge in [0, 0.05) is 11.4 Å². The molecule has 0 aliphatic carbocycles. The van der Waals surface area contributed by atoms with E-state index in [4.69, 9.17) is 4.74 Å². The van der Waals surface area contributed by atoms with Crippen molar-refractivity contribution in [3.8, 4) is 5.75 Å². The SMILES string of the molecule is COc1ccc(Nc2ccc(C=C(c3ccccc3)c3ccc4ccccc4c3)cc2)cc1. The fraction of sp³-hybridized carbons (Fsp3) is 0.0323. The summed E-state index contributed by atoms with van der Waals surface area (Å²) >= 11 is 0. The number of methoxy groups -OCH3 is 1. The first-order chi connectivity index (χ1) is 16.3. The molecule has 33 heavy (non-hydrogen) atoms. The lowest BCUT2D eigenvalue weighted by Gasteiger charge is -2.11. The van der Waals surface area contributed by atoms with E-state index in [9.17, 15) is 0 Å². The van der Waals surface area contributed by atoms with E-state index < -0.39 is 0 Å². The summed E-state index contributed by atoms with van der Waals surface area (Å²) in [4.78, 5) is 0. The van der Waals surface area contributed by atoms with Gasteiger partial charge >= 0.3 is 0 Å². The average Bonchev–Trinajstić information content (AvgIpc) is 2.89. The molecule has 0 unspecified atom stereocenters. The Morgan fingerprint density at radius 3 is 1.94 bits per heavy atom. The number of ether oxygens (including phenoxy) is 1. The average molecular weight is 428 g/mol. The van der Waals surface area contributed by atoms with E-state index in [0.717, 1.165) is 22.7 Å². The van der Waals surface area contributed by atoms with Crippen LogP contribution in [0.5, 0.6) is 5.75 Å². The van der Waals surface area contributed by atoms with Crippen molar-refractivity contribution in [2.45, 2.75) is 0 Å². The highest BCUT2D eigenvalue weighted by atomic mass is 16.5. The maximum absolute atomic E-state index is 5.23. The van der Waals surface area contributed by atoms with Crippen molar-refractivity contribution in [1.29, 1.82) is 0 Å². The molecule has 2 nitrogen and oxygen atoms in total. The normalized spacial score (nSPS) is 11.4. The highest BCUT2D eigenvalue weighted by molar-refractivity contribution is 5.95. The quantitative estimate of drug-likeness (QED) is 0.276. The second-order valence-corrected chi connectivity index (χ2v) is 7.96. The minimum atomic E-state index is 0.850. The van der Waals surface area contributed by atoms with Gasteiger partial charge in [0.05, 0.1) is 7.11 Å². The summed E-state index contributed by atoms with van der Waals surface area (Å²) in [6, 6.07) is 42.2. The van der Waals surface area contributed by atoms with Crippen LogP contribution < -0.4 is 10.1 Å². The van der Waals surface area contributed by atoms with Gasteiger partial charge in [-0.2, -0.15) is 0 Å². The Hall–Kier alpha value is -4.30. The van der Waals surface area contributed by atoms with Gasteiger partial charge in [-0.15, -0.1) is 0 Å². The number of anilines is 2. The molecule has 0 heterocycles. The summed E-state index contributed by atoms with van der Waals surface area (Å²) in [6.07, 6.45) is 2.26. The summed E-state index contributed by atoms with van der Waals surface area (Å²) in [5, 5.41) is 5.94. The molecule has 160 valence electrons. The van der Waals surface area contributed by atoms with E-state index in [2.05, 4.69) is 108 Å². The van der Waals surface area contributed by atoms with Crippen LogP contribution in [0.1, 0.15) is 16.7 Å². The molecule has 5 aromatic rings. The fourth-order valence-electron chi connectivity index (χ4n) is 3.98. The molecule has 0 radical (unpaired) electrons. The van der Waals surface area contributed by atoms with Crippen LogP contribution in [0.2, 0.25) is 0 Å². The number of nitrogens with one attached hydrogen (secondary N) is 1. The Morgan fingerprint density at radius 1 is 0.606 bits per heavy atom. The highest BCUT2D eigenvalue weighted by Crippen LogP contribution is 2.29. The Bertz CT molecular complexity index is 1390. The van der Waals surface area contributed by atoms with Crippen LogP contribution in [0.15, 0.2) is 121 Å². The summed E-state index contributed by atoms with van der Waals surface area (Å²) in [6.45, 7) is 0. The molecule has 0 atom stereocenters. The van der Waals surface area contributed by atoms with Crippen LogP contribution in [-0.2, 0) is 0 Å². The lowest BCUT2D eigenvalue weighted by atomic mass is 9.94. The zero-order chi connectivity index (χ0) is 22.5. The van der Waals surface area contributed by atoms with Crippen LogP contribution in [0.25, 0.3) is 22.4 Å². The van der Waals surface area contributed by atoms with Crippen LogP contribution in [0.3, 0.4) is 0 Å². The van der Waals surface area contributed by atoms with Gasteiger partial charge in [0.25, 0.3) is 0 Å². The second kappa shape index (κ2) is 9.46. The van der Waals surface area contributed by atoms with E-state index in [1.165, 1.54) is 27.5 Å². The van der Waals surface area contributed by atoms with E-state index in [1.54, 1.807) is 7.11 Å². The largest absolute Gasteiger partial charge is 0.497 e. The number of hydrogen-bond donors (Lipinski definition) is 1. The molecule has 5 rings (SSSR count). The minimum Gasteiger partial charge on any atom is -0.497 e. The van der Waals surface area contributed by atoms with Gasteiger partial charge in [-0.25, -0.2) is 0 Å². The van der Waals surface area contributed by atoms with Crippen molar-refractivity contribution in [1.82, 2.24) is 0 Å². The van der Waals surface area contributed by atoms with Gasteiger partial charge in [-0.1, -0.05) is 78.9 Å². The van der Waals surface area contributed by atoms with Gasteiger partial charge in [-0.3, -0.25) is 0 Å². The van der Waals surface area contributed by atoms with E-state index in [1.807, 2.05) is 24.3 Å². The summed E-state index contributed by atoms with van der Waals surface area (Å²) in [5.74, 6) is 0.850. The highest BCUT2D eigenvalue weighted by Gasteiger charge is 2.07. The van der Waals surface area contributed by atoms with Crippen molar-refractivity contribution in [2.75, 3.05) is 12.4 Å². The number of rotatable bonds is 6. The van der Waals surface area contributed by atoms with Gasteiger partial charge in [0.2, 0.25) is 0 Å². The van der Waals surface area contributed by atoms with Crippen LogP contribution in [0, 0.1) is 0 Å². The van der Waals surface area contributed by atoms with Crippen LogP contribution in [0.4, 0.5) is 11.4 Å². The standard InChI is InChI=1S/C31H25NO/c1-33-30-19-17-29(18-20-30)32-28-15-11-23(12-16-28)21-31(25-8-3-2-4-9-25)27-14-13-24-7-5-6-10-26(24)22-27/h2-22,32H,1H3. The molecule has 5 aromatic carbocycles. The molecule has 0 aliphatic rings. The molecule has 2 heteroatoms. The lowest BCUT2D eigenvalue weighted by molar-refractivity contribution is 0.415. The summed E-state index contributed by atoms with van der Waals surface area (Å²) in [5.41, 5.74) is 6.84. The predicted molar refractivity (Wildman–Crippen MR) is 140 cm³/mol. The Labute approximate surface area is 194 Å². The van der Waals surface area contributed by atoms with Crippen molar-refractivity contribution >= 4 is 33.8 Å². The third-order valence-electron chi connectivity index (χ3n) is 5.75. The molecule has 0 spiro atoms. The number of benzene rings is 5. The Morgan fingerprint density at radius 2 is 1.24 bits per heavy atom. The van der Waals surface area contributed by atoms with Crippen LogP contribution in [-0.4, -0.2) is 7.11 Å². The molecule has 0 amide bonds. The third-order valence-corrected chi connectivity index (χ3v) is 5.75. The lowest BCUT2D eigenvalue weighted by Crippen LogP contribution is -1.91. The fourth-order valence-corrected chi connectivity index (χ4v) is 3.98. The molecule has 1 N–H and O–H groups in total. The van der Waals surface area contributed by atoms with Gasteiger partial charge < -0.3 is 10.1 Å². The van der Waals surface area contributed by atoms with E-state index in [-0.39, 0.29) is 0 Å². The predicted octanol–water partition coefficient (Wildman–Crippen LogP) is 8.18. The maximum Gasteiger partial charge on any atom is 0.119 e. The topological polar surface area (TPSA) is 21.3 Å². The number of hydrogen-bond acceptors (Lipinski definition) is 2. The zero-order valence-corrected chi connectivity index (χ0v) is 18.5. The molecule has 0 aliphatic heterocycles. The Kier molecular flexibility index (Phi) is 5.90. The Balaban J connectivity index is 1.47. The van der Waals surface area contributed by atoms with Crippen molar-refractivity contribution in [3.05, 3.63) is 138 Å². The van der Waals surface area contributed by atoms with Crippen molar-refractivity contribution in [3.63, 3.8) is 0 Å². The third kappa shape index (κ3) is 4.81. The van der Waals surface area contributed by atoms with Crippen LogP contribution >= 0.6 is 0 Å². The minimum absolute atomic E-state index is 0.850. The molecular weight excluding hydrogens is 402 g/mol. The molecule has 0 fully saturated rings. The molecule has 0 aromatic heterocycles. The summed E-state index contributed by atoms with van der Waals surface area (Å²) in [7, 11) is 1.68. The first kappa shape index (κ1) is 20.6. The maximum atomic E-state index is 5.23. The van der Waals surface area contributed by atoms with Crippen molar-refractivity contribution < 1.29 is 4.74 Å². The summed E-state index contributed by atoms with van der Waals surface area (Å²) < 4.78 is 5.23. The molecule has 0 bridgehead atoms. The number of fused-ring (bicyclic) bond motifs is 1. The smallest absolute Gasteiger partial charge is 0.119 e. The molecule has 0 saturated heterocycles. The van der Waals surface area contributed by atoms with Gasteiger partial charge in [-0.05, 0) is 81.6 Å².